The average molecular weight is 381 g/mol. The predicted molar refractivity (Wildman–Crippen MR) is 99.1 cm³/mol. The predicted octanol–water partition coefficient (Wildman–Crippen LogP) is 3.19. The molecule has 0 aliphatic heterocycles. The minimum absolute atomic E-state index is 0.0976. The van der Waals surface area contributed by atoms with E-state index in [0.29, 0.717) is 28.5 Å². The highest BCUT2D eigenvalue weighted by molar-refractivity contribution is 6.32. The third-order valence-corrected chi connectivity index (χ3v) is 4.41. The summed E-state index contributed by atoms with van der Waals surface area (Å²) in [5, 5.41) is 18.0. The van der Waals surface area contributed by atoms with Gasteiger partial charge in [0.1, 0.15) is 17.5 Å². The summed E-state index contributed by atoms with van der Waals surface area (Å²) in [4.78, 5) is 22.6. The Morgan fingerprint density at radius 3 is 2.70 bits per heavy atom. The number of rotatable bonds is 6. The van der Waals surface area contributed by atoms with Crippen LogP contribution in [0.3, 0.4) is 0 Å². The van der Waals surface area contributed by atoms with Crippen molar-refractivity contribution in [3.05, 3.63) is 58.5 Å². The number of nitriles is 1. The fraction of sp³-hybridized carbons (Fsp3) is 0.211. The first-order valence-corrected chi connectivity index (χ1v) is 8.53. The summed E-state index contributed by atoms with van der Waals surface area (Å²) < 4.78 is 3.24. The van der Waals surface area contributed by atoms with Crippen molar-refractivity contribution in [2.24, 2.45) is 0 Å². The monoisotopic (exact) mass is 380 g/mol. The second-order valence-electron chi connectivity index (χ2n) is 6.10. The van der Waals surface area contributed by atoms with Gasteiger partial charge in [0, 0.05) is 18.7 Å². The van der Waals surface area contributed by atoms with Crippen LogP contribution in [-0.2, 0) is 11.3 Å². The standard InChI is InChI=1S/C19H15ClN5O2/c1-12(25-19(13(2)27)8-16(11-26)22-25)10-24-6-5-18(23-24)14-3-4-15(9-21)17(20)7-14/h3-8,12H,10H2,1-2H3/t12-/m0/s1. The lowest BCUT2D eigenvalue weighted by Crippen LogP contribution is -2.18. The summed E-state index contributed by atoms with van der Waals surface area (Å²) in [6.45, 7) is 3.76. The largest absolute Gasteiger partial charge is 0.293 e. The number of nitrogens with zero attached hydrogens (tertiary/aromatic N) is 5. The average Bonchev–Trinajstić information content (AvgIpc) is 3.28. The first-order chi connectivity index (χ1) is 12.9. The molecule has 1 radical (unpaired) electrons. The normalized spacial score (nSPS) is 11.8. The minimum atomic E-state index is -0.205. The number of halogens is 1. The van der Waals surface area contributed by atoms with Crippen molar-refractivity contribution in [1.82, 2.24) is 19.6 Å². The van der Waals surface area contributed by atoms with Crippen molar-refractivity contribution in [3.63, 3.8) is 0 Å². The zero-order chi connectivity index (χ0) is 19.6. The Balaban J connectivity index is 1.83. The van der Waals surface area contributed by atoms with E-state index in [1.54, 1.807) is 29.2 Å². The van der Waals surface area contributed by atoms with Gasteiger partial charge in [0.2, 0.25) is 0 Å². The Labute approximate surface area is 160 Å². The molecule has 3 rings (SSSR count). The van der Waals surface area contributed by atoms with Crippen LogP contribution in [-0.4, -0.2) is 31.6 Å². The lowest BCUT2D eigenvalue weighted by Gasteiger charge is -2.14. The number of Topliss-reactive ketones (excluding diaryl/α,β-unsaturated/α-hetero) is 1. The van der Waals surface area contributed by atoms with Crippen LogP contribution >= 0.6 is 11.6 Å². The molecular formula is C19H15ClN5O2. The van der Waals surface area contributed by atoms with E-state index in [2.05, 4.69) is 10.2 Å². The molecule has 3 aromatic rings. The number of hydrogen-bond acceptors (Lipinski definition) is 5. The quantitative estimate of drug-likeness (QED) is 0.612. The van der Waals surface area contributed by atoms with Crippen molar-refractivity contribution < 1.29 is 9.59 Å². The summed E-state index contributed by atoms with van der Waals surface area (Å²) in [6.07, 6.45) is 3.52. The minimum Gasteiger partial charge on any atom is -0.293 e. The maximum atomic E-state index is 11.8. The van der Waals surface area contributed by atoms with E-state index in [-0.39, 0.29) is 17.5 Å². The highest BCUT2D eigenvalue weighted by Crippen LogP contribution is 2.24. The second-order valence-corrected chi connectivity index (χ2v) is 6.50. The fourth-order valence-electron chi connectivity index (χ4n) is 2.77. The van der Waals surface area contributed by atoms with Crippen molar-refractivity contribution >= 4 is 23.7 Å². The molecule has 0 saturated heterocycles. The molecule has 0 amide bonds. The van der Waals surface area contributed by atoms with Gasteiger partial charge in [0.25, 0.3) is 6.29 Å². The van der Waals surface area contributed by atoms with E-state index in [1.807, 2.05) is 25.3 Å². The van der Waals surface area contributed by atoms with Crippen molar-refractivity contribution in [2.45, 2.75) is 26.4 Å². The van der Waals surface area contributed by atoms with E-state index in [0.717, 1.165) is 5.56 Å². The fourth-order valence-corrected chi connectivity index (χ4v) is 3.00. The number of ketones is 1. The molecule has 27 heavy (non-hydrogen) atoms. The van der Waals surface area contributed by atoms with Gasteiger partial charge in [0.05, 0.1) is 28.9 Å². The van der Waals surface area contributed by atoms with Gasteiger partial charge >= 0.3 is 0 Å². The topological polar surface area (TPSA) is 93.6 Å². The lowest BCUT2D eigenvalue weighted by atomic mass is 10.1. The molecule has 0 unspecified atom stereocenters. The Kier molecular flexibility index (Phi) is 5.19. The highest BCUT2D eigenvalue weighted by atomic mass is 35.5. The van der Waals surface area contributed by atoms with Crippen LogP contribution in [0.15, 0.2) is 36.5 Å². The third-order valence-electron chi connectivity index (χ3n) is 4.10. The molecule has 1 atom stereocenters. The molecule has 0 aliphatic carbocycles. The molecule has 0 saturated carbocycles. The molecule has 1 aromatic carbocycles. The Morgan fingerprint density at radius 1 is 1.30 bits per heavy atom. The van der Waals surface area contributed by atoms with Crippen LogP contribution in [0.5, 0.6) is 0 Å². The molecule has 135 valence electrons. The molecule has 0 bridgehead atoms. The molecule has 7 nitrogen and oxygen atoms in total. The number of hydrogen-bond donors (Lipinski definition) is 0. The van der Waals surface area contributed by atoms with Gasteiger partial charge in [-0.1, -0.05) is 17.7 Å². The van der Waals surface area contributed by atoms with E-state index in [4.69, 9.17) is 16.9 Å². The number of carbonyl (C=O) groups excluding carboxylic acids is 2. The maximum Gasteiger partial charge on any atom is 0.255 e. The van der Waals surface area contributed by atoms with Crippen LogP contribution in [0.2, 0.25) is 5.02 Å². The van der Waals surface area contributed by atoms with Crippen LogP contribution in [0.25, 0.3) is 11.3 Å². The maximum absolute atomic E-state index is 11.8. The number of benzene rings is 1. The summed E-state index contributed by atoms with van der Waals surface area (Å²) >= 11 is 6.08. The zero-order valence-corrected chi connectivity index (χ0v) is 15.4. The van der Waals surface area contributed by atoms with Crippen LogP contribution in [0, 0.1) is 11.3 Å². The van der Waals surface area contributed by atoms with E-state index >= 15 is 0 Å². The van der Waals surface area contributed by atoms with E-state index in [1.165, 1.54) is 17.7 Å². The SMILES string of the molecule is CC(=O)c1cc([C]=O)nn1[C@@H](C)Cn1ccc(-c2ccc(C#N)c(Cl)c2)n1. The first kappa shape index (κ1) is 18.5. The molecule has 0 N–H and O–H groups in total. The summed E-state index contributed by atoms with van der Waals surface area (Å²) in [7, 11) is 0. The Morgan fingerprint density at radius 2 is 2.07 bits per heavy atom. The molecule has 0 fully saturated rings. The lowest BCUT2D eigenvalue weighted by molar-refractivity contribution is 0.1000. The first-order valence-electron chi connectivity index (χ1n) is 8.15. The van der Waals surface area contributed by atoms with Gasteiger partial charge < -0.3 is 0 Å². The number of carbonyl (C=O) groups is 1. The zero-order valence-electron chi connectivity index (χ0n) is 14.7. The van der Waals surface area contributed by atoms with Gasteiger partial charge in [-0.2, -0.15) is 15.5 Å². The summed E-state index contributed by atoms with van der Waals surface area (Å²) in [6, 6.07) is 10.2. The Hall–Kier alpha value is -3.24. The molecule has 2 aromatic heterocycles. The summed E-state index contributed by atoms with van der Waals surface area (Å²) in [5.74, 6) is -0.177. The molecular weight excluding hydrogens is 366 g/mol. The van der Waals surface area contributed by atoms with Crippen LogP contribution < -0.4 is 0 Å². The highest BCUT2D eigenvalue weighted by Gasteiger charge is 2.17. The summed E-state index contributed by atoms with van der Waals surface area (Å²) in [5.41, 5.74) is 2.37. The van der Waals surface area contributed by atoms with Gasteiger partial charge in [0.15, 0.2) is 5.78 Å². The molecule has 0 aliphatic rings. The molecule has 8 heteroatoms. The number of aromatic nitrogens is 4. The van der Waals surface area contributed by atoms with Crippen LogP contribution in [0.1, 0.15) is 41.6 Å². The van der Waals surface area contributed by atoms with Crippen LogP contribution in [0.4, 0.5) is 0 Å². The second kappa shape index (κ2) is 7.56. The smallest absolute Gasteiger partial charge is 0.255 e. The Bertz CT molecular complexity index is 1060. The van der Waals surface area contributed by atoms with E-state index < -0.39 is 0 Å². The van der Waals surface area contributed by atoms with Crippen molar-refractivity contribution in [1.29, 1.82) is 5.26 Å². The molecule has 0 spiro atoms. The van der Waals surface area contributed by atoms with Gasteiger partial charge in [-0.05, 0) is 31.2 Å². The van der Waals surface area contributed by atoms with Gasteiger partial charge in [-0.3, -0.25) is 19.0 Å². The van der Waals surface area contributed by atoms with E-state index in [9.17, 15) is 9.59 Å². The molecule has 2 heterocycles. The third kappa shape index (κ3) is 3.81. The van der Waals surface area contributed by atoms with Crippen molar-refractivity contribution in [3.8, 4) is 17.3 Å². The van der Waals surface area contributed by atoms with Gasteiger partial charge in [-0.25, -0.2) is 0 Å². The van der Waals surface area contributed by atoms with Gasteiger partial charge in [-0.15, -0.1) is 0 Å². The van der Waals surface area contributed by atoms with Crippen molar-refractivity contribution in [2.75, 3.05) is 0 Å².